The van der Waals surface area contributed by atoms with Gasteiger partial charge in [-0.05, 0) is 36.4 Å². The quantitative estimate of drug-likeness (QED) is 0.165. The van der Waals surface area contributed by atoms with E-state index in [9.17, 15) is 0 Å². The van der Waals surface area contributed by atoms with E-state index in [4.69, 9.17) is 44.4 Å². The zero-order chi connectivity index (χ0) is 21.6. The summed E-state index contributed by atoms with van der Waals surface area (Å²) in [6.45, 7) is 0.184. The second-order valence-electron chi connectivity index (χ2n) is 6.47. The lowest BCUT2D eigenvalue weighted by Crippen LogP contribution is -1.94. The molecule has 0 radical (unpaired) electrons. The smallest absolute Gasteiger partial charge is 0.218 e. The molecule has 0 N–H and O–H groups in total. The molecule has 0 spiro atoms. The number of hydrogen-bond donors (Lipinski definition) is 0. The van der Waals surface area contributed by atoms with Gasteiger partial charge in [-0.1, -0.05) is 76.4 Å². The predicted molar refractivity (Wildman–Crippen MR) is 124 cm³/mol. The maximum Gasteiger partial charge on any atom is 0.218 e. The lowest BCUT2D eigenvalue weighted by Gasteiger charge is -2.03. The third-order valence-corrected chi connectivity index (χ3v) is 5.19. The normalized spacial score (nSPS) is 11.1. The molecule has 3 aromatic carbocycles. The highest BCUT2D eigenvalue weighted by atomic mass is 35.5. The summed E-state index contributed by atoms with van der Waals surface area (Å²) in [5, 5.41) is 10.2. The van der Waals surface area contributed by atoms with Crippen LogP contribution in [0.2, 0.25) is 15.1 Å². The molecule has 0 saturated carbocycles. The fourth-order valence-electron chi connectivity index (χ4n) is 2.82. The van der Waals surface area contributed by atoms with Crippen LogP contribution in [0.15, 0.2) is 84.1 Å². The number of para-hydroxylation sites is 1. The highest BCUT2D eigenvalue weighted by Crippen LogP contribution is 2.30. The maximum absolute atomic E-state index is 6.13. The van der Waals surface area contributed by atoms with Gasteiger partial charge in [-0.3, -0.25) is 0 Å². The molecule has 0 amide bonds. The third kappa shape index (κ3) is 5.39. The molecule has 31 heavy (non-hydrogen) atoms. The molecule has 0 aliphatic rings. The molecular formula is C23H16Cl3N3O2. The van der Waals surface area contributed by atoms with Gasteiger partial charge in [0.05, 0.1) is 11.9 Å². The Kier molecular flexibility index (Phi) is 6.77. The van der Waals surface area contributed by atoms with Crippen molar-refractivity contribution in [1.29, 1.82) is 0 Å². The monoisotopic (exact) mass is 471 g/mol. The van der Waals surface area contributed by atoms with Crippen LogP contribution in [0.3, 0.4) is 0 Å². The standard InChI is InChI=1S/C23H16Cl3N3O2/c24-18-9-6-16(7-10-18)23-22(13-29(28-23)20-4-2-1-3-5-20)30-15-27-31-14-17-8-11-19(25)12-21(17)26/h1-13,15H,14H2/b27-15+. The Labute approximate surface area is 194 Å². The predicted octanol–water partition coefficient (Wildman–Crippen LogP) is 7.04. The SMILES string of the molecule is Clc1ccc(-c2nn(-c3ccccc3)cc2O/C=N/OCc2ccc(Cl)cc2Cl)cc1. The molecule has 0 aliphatic heterocycles. The highest BCUT2D eigenvalue weighted by molar-refractivity contribution is 6.35. The van der Waals surface area contributed by atoms with Gasteiger partial charge in [-0.2, -0.15) is 5.10 Å². The summed E-state index contributed by atoms with van der Waals surface area (Å²) in [6, 6.07) is 22.3. The minimum Gasteiger partial charge on any atom is -0.438 e. The van der Waals surface area contributed by atoms with E-state index in [1.54, 1.807) is 41.2 Å². The second kappa shape index (κ2) is 9.88. The van der Waals surface area contributed by atoms with E-state index in [1.807, 2.05) is 42.5 Å². The number of oxime groups is 1. The van der Waals surface area contributed by atoms with Crippen molar-refractivity contribution in [2.24, 2.45) is 5.16 Å². The highest BCUT2D eigenvalue weighted by Gasteiger charge is 2.13. The molecule has 4 rings (SSSR count). The zero-order valence-corrected chi connectivity index (χ0v) is 18.3. The molecule has 8 heteroatoms. The van der Waals surface area contributed by atoms with Gasteiger partial charge in [-0.15, -0.1) is 0 Å². The van der Waals surface area contributed by atoms with Crippen molar-refractivity contribution in [1.82, 2.24) is 9.78 Å². The van der Waals surface area contributed by atoms with Gasteiger partial charge in [0.1, 0.15) is 12.3 Å². The molecular weight excluding hydrogens is 457 g/mol. The van der Waals surface area contributed by atoms with Crippen molar-refractivity contribution in [3.63, 3.8) is 0 Å². The summed E-state index contributed by atoms with van der Waals surface area (Å²) in [4.78, 5) is 5.29. The largest absolute Gasteiger partial charge is 0.438 e. The minimum atomic E-state index is 0.184. The van der Waals surface area contributed by atoms with Crippen molar-refractivity contribution in [3.8, 4) is 22.7 Å². The fraction of sp³-hybridized carbons (Fsp3) is 0.0435. The van der Waals surface area contributed by atoms with Gasteiger partial charge in [-0.25, -0.2) is 4.68 Å². The van der Waals surface area contributed by atoms with Crippen LogP contribution in [0.1, 0.15) is 5.56 Å². The molecule has 0 atom stereocenters. The molecule has 156 valence electrons. The Morgan fingerprint density at radius 1 is 0.903 bits per heavy atom. The molecule has 5 nitrogen and oxygen atoms in total. The van der Waals surface area contributed by atoms with Crippen molar-refractivity contribution in [2.45, 2.75) is 6.61 Å². The van der Waals surface area contributed by atoms with Crippen LogP contribution in [0, 0.1) is 0 Å². The summed E-state index contributed by atoms with van der Waals surface area (Å²) < 4.78 is 7.46. The number of benzene rings is 3. The average Bonchev–Trinajstić information content (AvgIpc) is 3.20. The van der Waals surface area contributed by atoms with Gasteiger partial charge in [0.25, 0.3) is 0 Å². The molecule has 0 saturated heterocycles. The summed E-state index contributed by atoms with van der Waals surface area (Å²) in [7, 11) is 0. The van der Waals surface area contributed by atoms with E-state index < -0.39 is 0 Å². The van der Waals surface area contributed by atoms with Crippen LogP contribution in [0.25, 0.3) is 16.9 Å². The van der Waals surface area contributed by atoms with E-state index in [-0.39, 0.29) is 6.61 Å². The fourth-order valence-corrected chi connectivity index (χ4v) is 3.41. The number of rotatable bonds is 7. The van der Waals surface area contributed by atoms with E-state index in [0.29, 0.717) is 26.5 Å². The third-order valence-electron chi connectivity index (χ3n) is 4.35. The zero-order valence-electron chi connectivity index (χ0n) is 16.1. The number of nitrogens with zero attached hydrogens (tertiary/aromatic N) is 3. The first kappa shape index (κ1) is 21.2. The summed E-state index contributed by atoms with van der Waals surface area (Å²) in [5.74, 6) is 0.517. The topological polar surface area (TPSA) is 48.6 Å². The van der Waals surface area contributed by atoms with Crippen LogP contribution in [0.4, 0.5) is 0 Å². The van der Waals surface area contributed by atoms with E-state index in [0.717, 1.165) is 16.8 Å². The van der Waals surface area contributed by atoms with Crippen molar-refractivity contribution in [2.75, 3.05) is 0 Å². The average molecular weight is 473 g/mol. The van der Waals surface area contributed by atoms with Gasteiger partial charge >= 0.3 is 0 Å². The van der Waals surface area contributed by atoms with Gasteiger partial charge < -0.3 is 9.57 Å². The van der Waals surface area contributed by atoms with Gasteiger partial charge in [0.15, 0.2) is 5.75 Å². The van der Waals surface area contributed by atoms with Gasteiger partial charge in [0, 0.05) is 26.2 Å². The van der Waals surface area contributed by atoms with Crippen molar-refractivity contribution < 1.29 is 9.57 Å². The first-order valence-electron chi connectivity index (χ1n) is 9.25. The minimum absolute atomic E-state index is 0.184. The van der Waals surface area contributed by atoms with E-state index in [2.05, 4.69) is 10.3 Å². The lowest BCUT2D eigenvalue weighted by atomic mass is 10.1. The van der Waals surface area contributed by atoms with E-state index in [1.165, 1.54) is 6.40 Å². The van der Waals surface area contributed by atoms with Crippen LogP contribution in [-0.4, -0.2) is 16.2 Å². The number of halogens is 3. The summed E-state index contributed by atoms with van der Waals surface area (Å²) >= 11 is 18.0. The second-order valence-corrected chi connectivity index (χ2v) is 7.75. The summed E-state index contributed by atoms with van der Waals surface area (Å²) in [5.41, 5.74) is 3.17. The lowest BCUT2D eigenvalue weighted by molar-refractivity contribution is 0.128. The van der Waals surface area contributed by atoms with Crippen molar-refractivity contribution >= 4 is 41.2 Å². The first-order valence-corrected chi connectivity index (χ1v) is 10.4. The first-order chi connectivity index (χ1) is 15.1. The molecule has 1 heterocycles. The Bertz CT molecular complexity index is 1190. The molecule has 0 fully saturated rings. The van der Waals surface area contributed by atoms with Gasteiger partial charge in [0.2, 0.25) is 6.40 Å². The van der Waals surface area contributed by atoms with Crippen LogP contribution >= 0.6 is 34.8 Å². The van der Waals surface area contributed by atoms with E-state index >= 15 is 0 Å². The molecule has 0 aliphatic carbocycles. The maximum atomic E-state index is 6.13. The van der Waals surface area contributed by atoms with Crippen LogP contribution in [0.5, 0.6) is 5.75 Å². The Morgan fingerprint density at radius 3 is 2.39 bits per heavy atom. The Morgan fingerprint density at radius 2 is 1.65 bits per heavy atom. The van der Waals surface area contributed by atoms with Crippen LogP contribution in [-0.2, 0) is 11.4 Å². The number of ether oxygens (including phenoxy) is 1. The Balaban J connectivity index is 1.51. The Hall–Kier alpha value is -2.99. The van der Waals surface area contributed by atoms with Crippen LogP contribution < -0.4 is 4.74 Å². The number of aromatic nitrogens is 2. The molecule has 0 unspecified atom stereocenters. The molecule has 1 aromatic heterocycles. The summed E-state index contributed by atoms with van der Waals surface area (Å²) in [6.07, 6.45) is 3.00. The molecule has 0 bridgehead atoms. The van der Waals surface area contributed by atoms with Crippen molar-refractivity contribution in [3.05, 3.63) is 99.6 Å². The number of hydrogen-bond acceptors (Lipinski definition) is 4. The molecule has 4 aromatic rings.